The average molecular weight is 584 g/mol. The number of hydrogen-bond acceptors (Lipinski definition) is 6. The second-order valence-electron chi connectivity index (χ2n) is 8.82. The molecular formula is C28H20Cl2N2O4S2. The Morgan fingerprint density at radius 2 is 1.74 bits per heavy atom. The van der Waals surface area contributed by atoms with Crippen molar-refractivity contribution in [1.82, 2.24) is 9.55 Å². The van der Waals surface area contributed by atoms with Gasteiger partial charge in [-0.15, -0.1) is 11.3 Å². The lowest BCUT2D eigenvalue weighted by Crippen LogP contribution is -2.19. The molecule has 0 amide bonds. The van der Waals surface area contributed by atoms with Crippen LogP contribution in [0, 0.1) is 6.92 Å². The number of thiophene rings is 1. The third-order valence-corrected chi connectivity index (χ3v) is 9.83. The van der Waals surface area contributed by atoms with Crippen LogP contribution in [0.25, 0.3) is 27.6 Å². The number of sulfone groups is 1. The Hall–Kier alpha value is -3.30. The first-order chi connectivity index (χ1) is 18.1. The maximum absolute atomic E-state index is 13.5. The largest absolute Gasteiger partial charge is 0.298 e. The zero-order chi connectivity index (χ0) is 27.0. The first-order valence-corrected chi connectivity index (χ1v) is 14.7. The Balaban J connectivity index is 1.49. The highest BCUT2D eigenvalue weighted by Gasteiger charge is 2.22. The molecule has 0 bridgehead atoms. The van der Waals surface area contributed by atoms with E-state index in [4.69, 9.17) is 23.2 Å². The zero-order valence-electron chi connectivity index (χ0n) is 20.0. The van der Waals surface area contributed by atoms with Gasteiger partial charge in [0, 0.05) is 36.0 Å². The van der Waals surface area contributed by atoms with Crippen LogP contribution in [0.5, 0.6) is 0 Å². The Morgan fingerprint density at radius 1 is 0.974 bits per heavy atom. The summed E-state index contributed by atoms with van der Waals surface area (Å²) in [5, 5.41) is 1.63. The van der Waals surface area contributed by atoms with Crippen molar-refractivity contribution < 1.29 is 13.2 Å². The first kappa shape index (κ1) is 26.3. The van der Waals surface area contributed by atoms with E-state index in [-0.39, 0.29) is 21.2 Å². The van der Waals surface area contributed by atoms with E-state index in [0.717, 1.165) is 33.4 Å². The van der Waals surface area contributed by atoms with Crippen molar-refractivity contribution >= 4 is 60.9 Å². The predicted octanol–water partition coefficient (Wildman–Crippen LogP) is 6.31. The first-order valence-electron chi connectivity index (χ1n) is 11.5. The second kappa shape index (κ2) is 10.5. The molecule has 3 heterocycles. The third-order valence-electron chi connectivity index (χ3n) is 6.04. The summed E-state index contributed by atoms with van der Waals surface area (Å²) in [5.41, 5.74) is 3.54. The van der Waals surface area contributed by atoms with Crippen molar-refractivity contribution in [3.05, 3.63) is 110 Å². The monoisotopic (exact) mass is 582 g/mol. The zero-order valence-corrected chi connectivity index (χ0v) is 23.2. The minimum atomic E-state index is -3.78. The van der Waals surface area contributed by atoms with Crippen LogP contribution in [0.3, 0.4) is 0 Å². The number of pyridine rings is 2. The molecule has 38 heavy (non-hydrogen) atoms. The van der Waals surface area contributed by atoms with Gasteiger partial charge in [0.25, 0.3) is 5.56 Å². The van der Waals surface area contributed by atoms with Crippen LogP contribution in [0.4, 0.5) is 0 Å². The summed E-state index contributed by atoms with van der Waals surface area (Å²) in [6.45, 7) is 1.97. The highest BCUT2D eigenvalue weighted by atomic mass is 35.5. The number of carbonyl (C=O) groups excluding carboxylic acids is 1. The molecule has 3 aromatic heterocycles. The number of rotatable bonds is 7. The number of halogens is 2. The molecule has 5 aromatic rings. The molecule has 0 unspecified atom stereocenters. The van der Waals surface area contributed by atoms with Crippen LogP contribution >= 0.6 is 34.5 Å². The fourth-order valence-electron chi connectivity index (χ4n) is 4.28. The smallest absolute Gasteiger partial charge is 0.263 e. The van der Waals surface area contributed by atoms with E-state index in [9.17, 15) is 18.0 Å². The van der Waals surface area contributed by atoms with Gasteiger partial charge in [0.05, 0.1) is 15.0 Å². The molecule has 0 saturated heterocycles. The number of benzene rings is 2. The van der Waals surface area contributed by atoms with Crippen LogP contribution in [-0.2, 0) is 21.1 Å². The lowest BCUT2D eigenvalue weighted by atomic mass is 9.99. The van der Waals surface area contributed by atoms with E-state index in [1.165, 1.54) is 16.7 Å². The van der Waals surface area contributed by atoms with Crippen LogP contribution in [0.1, 0.15) is 11.1 Å². The molecule has 0 aliphatic heterocycles. The molecule has 0 aliphatic rings. The fourth-order valence-corrected chi connectivity index (χ4v) is 7.38. The summed E-state index contributed by atoms with van der Waals surface area (Å²) in [4.78, 5) is 30.2. The number of aryl methyl sites for hydroxylation is 1. The van der Waals surface area contributed by atoms with Crippen LogP contribution in [0.15, 0.2) is 88.3 Å². The lowest BCUT2D eigenvalue weighted by molar-refractivity contribution is -0.116. The Kier molecular flexibility index (Phi) is 7.24. The minimum Gasteiger partial charge on any atom is -0.298 e. The minimum absolute atomic E-state index is 0.0557. The molecule has 0 aliphatic carbocycles. The van der Waals surface area contributed by atoms with E-state index in [1.54, 1.807) is 42.9 Å². The van der Waals surface area contributed by atoms with Crippen molar-refractivity contribution in [3.8, 4) is 16.8 Å². The summed E-state index contributed by atoms with van der Waals surface area (Å²) in [7, 11) is -3.78. The molecule has 0 radical (unpaired) electrons. The van der Waals surface area contributed by atoms with Gasteiger partial charge in [0.2, 0.25) is 0 Å². The molecule has 0 atom stereocenters. The van der Waals surface area contributed by atoms with Crippen molar-refractivity contribution in [2.75, 3.05) is 5.75 Å². The second-order valence-corrected chi connectivity index (χ2v) is 13.2. The highest BCUT2D eigenvalue weighted by molar-refractivity contribution is 7.94. The van der Waals surface area contributed by atoms with E-state index in [0.29, 0.717) is 21.0 Å². The molecule has 10 heteroatoms. The number of carbonyl (C=O) groups is 1. The van der Waals surface area contributed by atoms with Crippen LogP contribution in [0.2, 0.25) is 9.36 Å². The number of ketones is 1. The van der Waals surface area contributed by atoms with Gasteiger partial charge in [-0.3, -0.25) is 19.1 Å². The Morgan fingerprint density at radius 3 is 2.42 bits per heavy atom. The van der Waals surface area contributed by atoms with E-state index >= 15 is 0 Å². The van der Waals surface area contributed by atoms with Gasteiger partial charge in [0.15, 0.2) is 15.6 Å². The van der Waals surface area contributed by atoms with E-state index in [1.807, 2.05) is 31.2 Å². The average Bonchev–Trinajstić information content (AvgIpc) is 3.32. The molecule has 0 saturated carbocycles. The maximum Gasteiger partial charge on any atom is 0.263 e. The predicted molar refractivity (Wildman–Crippen MR) is 153 cm³/mol. The molecule has 0 spiro atoms. The summed E-state index contributed by atoms with van der Waals surface area (Å²) < 4.78 is 26.9. The molecule has 192 valence electrons. The lowest BCUT2D eigenvalue weighted by Gasteiger charge is -2.15. The Bertz CT molecular complexity index is 1860. The van der Waals surface area contributed by atoms with Crippen molar-refractivity contribution in [2.24, 2.45) is 0 Å². The van der Waals surface area contributed by atoms with Crippen LogP contribution in [-0.4, -0.2) is 29.5 Å². The van der Waals surface area contributed by atoms with Crippen molar-refractivity contribution in [1.29, 1.82) is 0 Å². The Labute approximate surface area is 233 Å². The summed E-state index contributed by atoms with van der Waals surface area (Å²) in [5.74, 6) is -1.11. The number of nitrogens with zero attached hydrogens (tertiary/aromatic N) is 2. The van der Waals surface area contributed by atoms with Gasteiger partial charge < -0.3 is 0 Å². The van der Waals surface area contributed by atoms with Gasteiger partial charge >= 0.3 is 0 Å². The molecule has 0 fully saturated rings. The van der Waals surface area contributed by atoms with E-state index < -0.39 is 21.4 Å². The maximum atomic E-state index is 13.5. The summed E-state index contributed by atoms with van der Waals surface area (Å²) >= 11 is 13.4. The van der Waals surface area contributed by atoms with Gasteiger partial charge in [0.1, 0.15) is 9.96 Å². The van der Waals surface area contributed by atoms with Gasteiger partial charge in [-0.05, 0) is 65.9 Å². The summed E-state index contributed by atoms with van der Waals surface area (Å²) in [6, 6.07) is 17.2. The van der Waals surface area contributed by atoms with Crippen molar-refractivity contribution in [3.63, 3.8) is 0 Å². The van der Waals surface area contributed by atoms with E-state index in [2.05, 4.69) is 4.98 Å². The topological polar surface area (TPSA) is 86.1 Å². The van der Waals surface area contributed by atoms with Gasteiger partial charge in [-0.1, -0.05) is 47.0 Å². The SMILES string of the molecule is Cc1ccc2c(=O)n(-c3ccc(CC(=O)CS(=O)(=O)c4ccc(Cl)s4)cc3Cl)cc(-c3ccncc3)c2c1. The van der Waals surface area contributed by atoms with Crippen molar-refractivity contribution in [2.45, 2.75) is 17.6 Å². The molecule has 0 N–H and O–H groups in total. The fraction of sp³-hybridized carbons (Fsp3) is 0.107. The normalized spacial score (nSPS) is 11.7. The third kappa shape index (κ3) is 5.31. The van der Waals surface area contributed by atoms with Gasteiger partial charge in [-0.2, -0.15) is 0 Å². The number of aromatic nitrogens is 2. The standard InChI is InChI=1S/C28H20Cl2N2O4S2/c1-17-2-4-21-22(12-17)23(19-8-10-31-11-9-19)15-32(28(21)34)25-5-3-18(14-24(25)29)13-20(33)16-38(35,36)27-7-6-26(30)37-27/h2-12,14-15H,13,16H2,1H3. The molecule has 5 rings (SSSR count). The number of hydrogen-bond donors (Lipinski definition) is 0. The number of fused-ring (bicyclic) bond motifs is 1. The quantitative estimate of drug-likeness (QED) is 0.224. The van der Waals surface area contributed by atoms with Gasteiger partial charge in [-0.25, -0.2) is 8.42 Å². The molecule has 6 nitrogen and oxygen atoms in total. The summed E-state index contributed by atoms with van der Waals surface area (Å²) in [6.07, 6.45) is 5.02. The number of Topliss-reactive ketones (excluding diaryl/α,β-unsaturated/α-hetero) is 1. The highest BCUT2D eigenvalue weighted by Crippen LogP contribution is 2.30. The molecular weight excluding hydrogens is 563 g/mol. The van der Waals surface area contributed by atoms with Crippen LogP contribution < -0.4 is 5.56 Å². The molecule has 2 aromatic carbocycles.